The third-order valence-electron chi connectivity index (χ3n) is 2.09. The van der Waals surface area contributed by atoms with Crippen LogP contribution in [0, 0.1) is 0 Å². The number of hydrogen-bond donors (Lipinski definition) is 1. The molecule has 0 aliphatic carbocycles. The minimum atomic E-state index is 0.794. The van der Waals surface area contributed by atoms with Gasteiger partial charge in [-0.1, -0.05) is 6.07 Å². The van der Waals surface area contributed by atoms with E-state index in [9.17, 15) is 0 Å². The van der Waals surface area contributed by atoms with Crippen molar-refractivity contribution in [2.45, 2.75) is 12.8 Å². The number of pyridine rings is 1. The van der Waals surface area contributed by atoms with Gasteiger partial charge in [-0.05, 0) is 30.2 Å². The van der Waals surface area contributed by atoms with Crippen molar-refractivity contribution in [1.29, 1.82) is 0 Å². The van der Waals surface area contributed by atoms with Crippen molar-refractivity contribution in [3.63, 3.8) is 0 Å². The maximum Gasteiger partial charge on any atom is 0.155 e. The topological polar surface area (TPSA) is 43.6 Å². The lowest BCUT2D eigenvalue weighted by molar-refractivity contribution is 0.837. The molecule has 2 heterocycles. The summed E-state index contributed by atoms with van der Waals surface area (Å²) in [4.78, 5) is 8.18. The Morgan fingerprint density at radius 2 is 2.27 bits per heavy atom. The first-order chi connectivity index (χ1) is 7.40. The monoisotopic (exact) mass is 220 g/mol. The molecule has 0 aliphatic rings. The number of aryl methyl sites for hydroxylation is 1. The quantitative estimate of drug-likeness (QED) is 0.795. The molecule has 0 aliphatic heterocycles. The van der Waals surface area contributed by atoms with E-state index < -0.39 is 0 Å². The van der Waals surface area contributed by atoms with Crippen LogP contribution in [0.15, 0.2) is 31.0 Å². The molecule has 4 nitrogen and oxygen atoms in total. The summed E-state index contributed by atoms with van der Waals surface area (Å²) in [5, 5.41) is 4.01. The van der Waals surface area contributed by atoms with E-state index in [-0.39, 0.29) is 0 Å². The standard InChI is InChI=1S/C10H12N4S/c15-5-1-2-9-3-4-10(12-6-9)14-8-11-7-13-14/h3-4,6-8,15H,1-2,5H2. The van der Waals surface area contributed by atoms with Gasteiger partial charge in [0.15, 0.2) is 5.82 Å². The van der Waals surface area contributed by atoms with Gasteiger partial charge < -0.3 is 0 Å². The Kier molecular flexibility index (Phi) is 3.34. The zero-order chi connectivity index (χ0) is 10.5. The molecule has 0 saturated heterocycles. The van der Waals surface area contributed by atoms with Crippen LogP contribution in [-0.4, -0.2) is 25.5 Å². The third-order valence-corrected chi connectivity index (χ3v) is 2.40. The normalized spacial score (nSPS) is 10.5. The zero-order valence-corrected chi connectivity index (χ0v) is 9.14. The second-order valence-electron chi connectivity index (χ2n) is 3.19. The Morgan fingerprint density at radius 1 is 1.33 bits per heavy atom. The molecule has 2 aromatic heterocycles. The summed E-state index contributed by atoms with van der Waals surface area (Å²) in [7, 11) is 0. The Labute approximate surface area is 93.8 Å². The Balaban J connectivity index is 2.11. The molecule has 0 atom stereocenters. The molecule has 2 rings (SSSR count). The fraction of sp³-hybridized carbons (Fsp3) is 0.300. The van der Waals surface area contributed by atoms with Crippen LogP contribution < -0.4 is 0 Å². The predicted octanol–water partition coefficient (Wildman–Crippen LogP) is 1.52. The Bertz CT molecular complexity index is 396. The van der Waals surface area contributed by atoms with E-state index in [1.54, 1.807) is 11.0 Å². The second-order valence-corrected chi connectivity index (χ2v) is 3.64. The van der Waals surface area contributed by atoms with Crippen LogP contribution in [-0.2, 0) is 6.42 Å². The predicted molar refractivity (Wildman–Crippen MR) is 61.3 cm³/mol. The van der Waals surface area contributed by atoms with Gasteiger partial charge in [0.25, 0.3) is 0 Å². The lowest BCUT2D eigenvalue weighted by Crippen LogP contribution is -1.98. The molecule has 0 saturated carbocycles. The van der Waals surface area contributed by atoms with E-state index in [1.165, 1.54) is 11.9 Å². The van der Waals surface area contributed by atoms with E-state index in [4.69, 9.17) is 0 Å². The number of thiol groups is 1. The van der Waals surface area contributed by atoms with Crippen LogP contribution in [0.25, 0.3) is 5.82 Å². The first kappa shape index (κ1) is 10.2. The fourth-order valence-corrected chi connectivity index (χ4v) is 1.47. The van der Waals surface area contributed by atoms with E-state index in [0.29, 0.717) is 0 Å². The van der Waals surface area contributed by atoms with Gasteiger partial charge in [0, 0.05) is 6.20 Å². The molecule has 0 spiro atoms. The number of nitrogens with zero attached hydrogens (tertiary/aromatic N) is 4. The summed E-state index contributed by atoms with van der Waals surface area (Å²) in [6.45, 7) is 0. The Morgan fingerprint density at radius 3 is 2.87 bits per heavy atom. The average molecular weight is 220 g/mol. The molecule has 15 heavy (non-hydrogen) atoms. The van der Waals surface area contributed by atoms with Gasteiger partial charge in [-0.2, -0.15) is 17.7 Å². The summed E-state index contributed by atoms with van der Waals surface area (Å²) in [6, 6.07) is 4.01. The van der Waals surface area contributed by atoms with Gasteiger partial charge >= 0.3 is 0 Å². The van der Waals surface area contributed by atoms with Gasteiger partial charge in [-0.15, -0.1) is 0 Å². The summed E-state index contributed by atoms with van der Waals surface area (Å²) < 4.78 is 1.64. The van der Waals surface area contributed by atoms with Gasteiger partial charge in [-0.25, -0.2) is 14.6 Å². The smallest absolute Gasteiger partial charge is 0.155 e. The Hall–Kier alpha value is -1.36. The van der Waals surface area contributed by atoms with Crippen molar-refractivity contribution < 1.29 is 0 Å². The van der Waals surface area contributed by atoms with Crippen molar-refractivity contribution in [2.24, 2.45) is 0 Å². The van der Waals surface area contributed by atoms with Gasteiger partial charge in [0.05, 0.1) is 0 Å². The maximum absolute atomic E-state index is 4.31. The van der Waals surface area contributed by atoms with Gasteiger partial charge in [0.2, 0.25) is 0 Å². The third kappa shape index (κ3) is 2.56. The molecular weight excluding hydrogens is 208 g/mol. The summed E-state index contributed by atoms with van der Waals surface area (Å²) in [5.74, 6) is 1.70. The first-order valence-electron chi connectivity index (χ1n) is 4.81. The minimum absolute atomic E-state index is 0.794. The highest BCUT2D eigenvalue weighted by Crippen LogP contribution is 2.06. The highest BCUT2D eigenvalue weighted by molar-refractivity contribution is 7.80. The van der Waals surface area contributed by atoms with Crippen molar-refractivity contribution in [1.82, 2.24) is 19.7 Å². The van der Waals surface area contributed by atoms with Crippen LogP contribution in [0.5, 0.6) is 0 Å². The van der Waals surface area contributed by atoms with E-state index >= 15 is 0 Å². The molecular formula is C10H12N4S. The van der Waals surface area contributed by atoms with E-state index in [0.717, 1.165) is 24.4 Å². The van der Waals surface area contributed by atoms with E-state index in [1.807, 2.05) is 12.3 Å². The molecule has 0 aromatic carbocycles. The summed E-state index contributed by atoms with van der Waals surface area (Å²) in [5.41, 5.74) is 1.23. The molecule has 5 heteroatoms. The second kappa shape index (κ2) is 4.93. The molecule has 0 radical (unpaired) electrons. The first-order valence-corrected chi connectivity index (χ1v) is 5.44. The van der Waals surface area contributed by atoms with Crippen LogP contribution in [0.4, 0.5) is 0 Å². The summed E-state index contributed by atoms with van der Waals surface area (Å²) in [6.07, 6.45) is 7.11. The molecule has 0 N–H and O–H groups in total. The highest BCUT2D eigenvalue weighted by Gasteiger charge is 1.98. The van der Waals surface area contributed by atoms with Crippen LogP contribution in [0.3, 0.4) is 0 Å². The number of hydrogen-bond acceptors (Lipinski definition) is 4. The molecule has 2 aromatic rings. The number of rotatable bonds is 4. The summed E-state index contributed by atoms with van der Waals surface area (Å²) >= 11 is 4.18. The minimum Gasteiger partial charge on any atom is -0.237 e. The van der Waals surface area contributed by atoms with Gasteiger partial charge in [0.1, 0.15) is 12.7 Å². The lowest BCUT2D eigenvalue weighted by atomic mass is 10.2. The fourth-order valence-electron chi connectivity index (χ4n) is 1.31. The molecule has 78 valence electrons. The molecule has 0 bridgehead atoms. The van der Waals surface area contributed by atoms with Crippen molar-refractivity contribution in [3.05, 3.63) is 36.5 Å². The maximum atomic E-state index is 4.31. The average Bonchev–Trinajstić information content (AvgIpc) is 2.80. The highest BCUT2D eigenvalue weighted by atomic mass is 32.1. The van der Waals surface area contributed by atoms with Gasteiger partial charge in [-0.3, -0.25) is 0 Å². The molecule has 0 unspecified atom stereocenters. The zero-order valence-electron chi connectivity index (χ0n) is 8.24. The van der Waals surface area contributed by atoms with Crippen LogP contribution >= 0.6 is 12.6 Å². The largest absolute Gasteiger partial charge is 0.237 e. The SMILES string of the molecule is SCCCc1ccc(-n2cncn2)nc1. The number of aromatic nitrogens is 4. The lowest BCUT2D eigenvalue weighted by Gasteiger charge is -2.01. The molecule has 0 fully saturated rings. The molecule has 0 amide bonds. The van der Waals surface area contributed by atoms with Crippen molar-refractivity contribution >= 4 is 12.6 Å². The van der Waals surface area contributed by atoms with Crippen LogP contribution in [0.1, 0.15) is 12.0 Å². The van der Waals surface area contributed by atoms with Crippen molar-refractivity contribution in [2.75, 3.05) is 5.75 Å². The van der Waals surface area contributed by atoms with E-state index in [2.05, 4.69) is 33.8 Å². The van der Waals surface area contributed by atoms with Crippen LogP contribution in [0.2, 0.25) is 0 Å². The van der Waals surface area contributed by atoms with Crippen molar-refractivity contribution in [3.8, 4) is 5.82 Å².